The van der Waals surface area contributed by atoms with Crippen molar-refractivity contribution >= 4 is 11.0 Å². The molecule has 2 heterocycles. The largest absolute Gasteiger partial charge is 0.312 e. The second kappa shape index (κ2) is 3.34. The first-order chi connectivity index (χ1) is 7.15. The number of nitrogens with one attached hydrogen (secondary N) is 1. The average Bonchev–Trinajstić information content (AvgIpc) is 2.58. The lowest BCUT2D eigenvalue weighted by molar-refractivity contribution is 0.470. The van der Waals surface area contributed by atoms with Crippen LogP contribution in [-0.4, -0.2) is 34.0 Å². The van der Waals surface area contributed by atoms with E-state index in [1.54, 1.807) is 19.1 Å². The molecule has 0 bridgehead atoms. The molecule has 0 aliphatic rings. The number of halogens is 1. The molecule has 0 aliphatic heterocycles. The minimum atomic E-state index is -0.786. The summed E-state index contributed by atoms with van der Waals surface area (Å²) >= 11 is 0. The summed E-state index contributed by atoms with van der Waals surface area (Å²) in [5, 5.41) is 5.77. The Hall–Kier alpha value is -1.92. The summed E-state index contributed by atoms with van der Waals surface area (Å²) in [5.74, 6) is 0. The Morgan fingerprint density at radius 2 is 2.33 bits per heavy atom. The van der Waals surface area contributed by atoms with Crippen LogP contribution in [0.25, 0.3) is 11.0 Å². The van der Waals surface area contributed by atoms with Gasteiger partial charge in [0.25, 0.3) is 5.56 Å². The summed E-state index contributed by atoms with van der Waals surface area (Å²) in [6.07, 6.45) is 1.27. The molecule has 2 rings (SSSR count). The highest BCUT2D eigenvalue weighted by Crippen LogP contribution is 2.12. The van der Waals surface area contributed by atoms with Crippen molar-refractivity contribution in [3.8, 4) is 0 Å². The Morgan fingerprint density at radius 1 is 1.60 bits per heavy atom. The molecule has 0 amide bonds. The summed E-state index contributed by atoms with van der Waals surface area (Å²) in [6.45, 7) is -0.786. The van der Waals surface area contributed by atoms with Crippen molar-refractivity contribution in [2.24, 2.45) is 0 Å². The van der Waals surface area contributed by atoms with E-state index in [1.165, 1.54) is 11.1 Å². The van der Waals surface area contributed by atoms with Crippen LogP contribution in [-0.2, 0) is 6.67 Å². The molecule has 0 saturated carbocycles. The maximum atomic E-state index is 12.6. The predicted octanol–water partition coefficient (Wildman–Crippen LogP) is -0.213. The van der Waals surface area contributed by atoms with Gasteiger partial charge in [0.1, 0.15) is 17.8 Å². The zero-order valence-corrected chi connectivity index (χ0v) is 8.36. The van der Waals surface area contributed by atoms with E-state index in [9.17, 15) is 9.18 Å². The van der Waals surface area contributed by atoms with Gasteiger partial charge in [0, 0.05) is 14.1 Å². The molecule has 1 N–H and O–H groups in total. The topological polar surface area (TPSA) is 66.8 Å². The van der Waals surface area contributed by atoms with Gasteiger partial charge in [-0.15, -0.1) is 0 Å². The van der Waals surface area contributed by atoms with Gasteiger partial charge in [-0.2, -0.15) is 9.89 Å². The maximum Gasteiger partial charge on any atom is 0.262 e. The highest BCUT2D eigenvalue weighted by Gasteiger charge is 2.15. The lowest BCUT2D eigenvalue weighted by Gasteiger charge is -2.11. The highest BCUT2D eigenvalue weighted by molar-refractivity contribution is 5.77. The number of rotatable bonds is 2. The summed E-state index contributed by atoms with van der Waals surface area (Å²) < 4.78 is 12.6. The third kappa shape index (κ3) is 1.36. The van der Waals surface area contributed by atoms with Crippen LogP contribution in [0, 0.1) is 0 Å². The van der Waals surface area contributed by atoms with Crippen molar-refractivity contribution < 1.29 is 4.39 Å². The van der Waals surface area contributed by atoms with E-state index >= 15 is 0 Å². The van der Waals surface area contributed by atoms with E-state index in [4.69, 9.17) is 0 Å². The summed E-state index contributed by atoms with van der Waals surface area (Å²) in [4.78, 5) is 19.2. The van der Waals surface area contributed by atoms with Gasteiger partial charge in [0.05, 0.1) is 6.33 Å². The molecule has 7 heteroatoms. The molecule has 0 unspecified atom stereocenters. The SMILES string of the molecule is CN(C)n1nc(CF)c2c(=O)[nH]cnc21. The fourth-order valence-electron chi connectivity index (χ4n) is 1.39. The molecule has 0 radical (unpaired) electrons. The van der Waals surface area contributed by atoms with E-state index in [2.05, 4.69) is 15.1 Å². The lowest BCUT2D eigenvalue weighted by Crippen LogP contribution is -2.26. The second-order valence-electron chi connectivity index (χ2n) is 3.25. The van der Waals surface area contributed by atoms with Crippen LogP contribution in [0.1, 0.15) is 5.69 Å². The number of fused-ring (bicyclic) bond motifs is 1. The first kappa shape index (κ1) is 9.63. The minimum absolute atomic E-state index is 0.105. The number of H-pyrrole nitrogens is 1. The Bertz CT molecular complexity index is 543. The molecular weight excluding hydrogens is 201 g/mol. The second-order valence-corrected chi connectivity index (χ2v) is 3.25. The van der Waals surface area contributed by atoms with E-state index in [1.807, 2.05) is 0 Å². The Labute approximate surface area is 84.3 Å². The lowest BCUT2D eigenvalue weighted by atomic mass is 10.3. The van der Waals surface area contributed by atoms with Crippen molar-refractivity contribution in [1.82, 2.24) is 19.9 Å². The van der Waals surface area contributed by atoms with Gasteiger partial charge < -0.3 is 9.99 Å². The van der Waals surface area contributed by atoms with Crippen molar-refractivity contribution in [2.75, 3.05) is 19.1 Å². The fourth-order valence-corrected chi connectivity index (χ4v) is 1.39. The summed E-state index contributed by atoms with van der Waals surface area (Å²) in [6, 6.07) is 0. The van der Waals surface area contributed by atoms with Crippen LogP contribution in [0.4, 0.5) is 4.39 Å². The standard InChI is InChI=1S/C8H10FN5O/c1-13(2)14-7-6(5(3-9)12-14)8(15)11-4-10-7/h4H,3H2,1-2H3,(H,10,11,15). The number of alkyl halides is 1. The molecule has 6 nitrogen and oxygen atoms in total. The van der Waals surface area contributed by atoms with Crippen LogP contribution in [0.15, 0.2) is 11.1 Å². The third-order valence-electron chi connectivity index (χ3n) is 2.03. The van der Waals surface area contributed by atoms with Crippen LogP contribution in [0.5, 0.6) is 0 Å². The smallest absolute Gasteiger partial charge is 0.262 e. The highest BCUT2D eigenvalue weighted by atomic mass is 19.1. The van der Waals surface area contributed by atoms with E-state index in [0.717, 1.165) is 0 Å². The quantitative estimate of drug-likeness (QED) is 0.746. The van der Waals surface area contributed by atoms with Crippen molar-refractivity contribution in [2.45, 2.75) is 6.67 Å². The van der Waals surface area contributed by atoms with Crippen LogP contribution in [0.3, 0.4) is 0 Å². The normalized spacial score (nSPS) is 10.9. The van der Waals surface area contributed by atoms with E-state index < -0.39 is 6.67 Å². The van der Waals surface area contributed by atoms with Gasteiger partial charge in [-0.1, -0.05) is 0 Å². The number of hydrogen-bond acceptors (Lipinski definition) is 4. The zero-order valence-electron chi connectivity index (χ0n) is 8.36. The van der Waals surface area contributed by atoms with Crippen molar-refractivity contribution in [1.29, 1.82) is 0 Å². The average molecular weight is 211 g/mol. The van der Waals surface area contributed by atoms with E-state index in [-0.39, 0.29) is 16.6 Å². The van der Waals surface area contributed by atoms with Gasteiger partial charge in [-0.3, -0.25) is 4.79 Å². The van der Waals surface area contributed by atoms with Gasteiger partial charge >= 0.3 is 0 Å². The number of nitrogens with zero attached hydrogens (tertiary/aromatic N) is 4. The van der Waals surface area contributed by atoms with Crippen molar-refractivity contribution in [3.05, 3.63) is 22.4 Å². The first-order valence-electron chi connectivity index (χ1n) is 4.34. The van der Waals surface area contributed by atoms with Gasteiger partial charge in [-0.25, -0.2) is 9.37 Å². The molecule has 0 spiro atoms. The molecule has 0 saturated heterocycles. The number of aromatic nitrogens is 4. The Kier molecular flexibility index (Phi) is 2.14. The molecule has 0 fully saturated rings. The molecule has 80 valence electrons. The number of hydrogen-bond donors (Lipinski definition) is 1. The Balaban J connectivity index is 2.87. The van der Waals surface area contributed by atoms with Crippen LogP contribution >= 0.6 is 0 Å². The molecule has 0 aliphatic carbocycles. The zero-order chi connectivity index (χ0) is 11.0. The summed E-state index contributed by atoms with van der Waals surface area (Å²) in [7, 11) is 3.47. The molecular formula is C8H10FN5O. The fraction of sp³-hybridized carbons (Fsp3) is 0.375. The first-order valence-corrected chi connectivity index (χ1v) is 4.34. The number of aromatic amines is 1. The monoisotopic (exact) mass is 211 g/mol. The van der Waals surface area contributed by atoms with Crippen molar-refractivity contribution in [3.63, 3.8) is 0 Å². The maximum absolute atomic E-state index is 12.6. The molecule has 2 aromatic rings. The van der Waals surface area contributed by atoms with Crippen LogP contribution < -0.4 is 10.6 Å². The summed E-state index contributed by atoms with van der Waals surface area (Å²) in [5.41, 5.74) is 0.0881. The molecule has 0 atom stereocenters. The molecule has 15 heavy (non-hydrogen) atoms. The molecule has 0 aromatic carbocycles. The Morgan fingerprint density at radius 3 is 2.93 bits per heavy atom. The van der Waals surface area contributed by atoms with Gasteiger partial charge in [0.2, 0.25) is 0 Å². The third-order valence-corrected chi connectivity index (χ3v) is 2.03. The van der Waals surface area contributed by atoms with E-state index in [0.29, 0.717) is 5.65 Å². The van der Waals surface area contributed by atoms with Gasteiger partial charge in [0.15, 0.2) is 5.65 Å². The predicted molar refractivity (Wildman–Crippen MR) is 53.0 cm³/mol. The van der Waals surface area contributed by atoms with Crippen LogP contribution in [0.2, 0.25) is 0 Å². The molecule has 2 aromatic heterocycles. The van der Waals surface area contributed by atoms with Gasteiger partial charge in [-0.05, 0) is 0 Å². The minimum Gasteiger partial charge on any atom is -0.312 e.